The van der Waals surface area contributed by atoms with E-state index in [0.717, 1.165) is 25.6 Å². The Morgan fingerprint density at radius 3 is 2.79 bits per heavy atom. The van der Waals surface area contributed by atoms with Gasteiger partial charge in [0.2, 0.25) is 0 Å². The van der Waals surface area contributed by atoms with E-state index in [9.17, 15) is 8.78 Å². The van der Waals surface area contributed by atoms with E-state index in [1.54, 1.807) is 19.2 Å². The predicted molar refractivity (Wildman–Crippen MR) is 110 cm³/mol. The molecule has 0 spiro atoms. The Labute approximate surface area is 171 Å². The number of alkyl halides is 2. The molecule has 0 amide bonds. The summed E-state index contributed by atoms with van der Waals surface area (Å²) in [4.78, 5) is 6.83. The standard InChI is InChI=1S/C21H32F2N4O2/c1-3-10-28-18-7-4-16(19(11-18)29-20(22)23)13-26-21(24-2)25-12-15-8-9-27(14-15)17-5-6-17/h4,7,11,15,17,20H,3,5-6,8-10,12-14H2,1-2H3,(H2,24,25,26). The Kier molecular flexibility index (Phi) is 7.91. The summed E-state index contributed by atoms with van der Waals surface area (Å²) in [6, 6.07) is 5.84. The second-order valence-electron chi connectivity index (χ2n) is 7.68. The Morgan fingerprint density at radius 2 is 2.10 bits per heavy atom. The van der Waals surface area contributed by atoms with E-state index in [0.29, 0.717) is 36.3 Å². The molecule has 2 aliphatic rings. The van der Waals surface area contributed by atoms with E-state index in [1.807, 2.05) is 6.92 Å². The molecule has 0 radical (unpaired) electrons. The van der Waals surface area contributed by atoms with Crippen molar-refractivity contribution in [3.63, 3.8) is 0 Å². The van der Waals surface area contributed by atoms with Gasteiger partial charge in [-0.05, 0) is 50.3 Å². The zero-order valence-electron chi connectivity index (χ0n) is 17.3. The lowest BCUT2D eigenvalue weighted by molar-refractivity contribution is -0.0505. The van der Waals surface area contributed by atoms with Gasteiger partial charge in [-0.3, -0.25) is 4.99 Å². The molecule has 8 heteroatoms. The van der Waals surface area contributed by atoms with Crippen molar-refractivity contribution >= 4 is 5.96 Å². The van der Waals surface area contributed by atoms with Gasteiger partial charge in [0.1, 0.15) is 11.5 Å². The molecular formula is C21H32F2N4O2. The van der Waals surface area contributed by atoms with Crippen molar-refractivity contribution in [2.45, 2.75) is 51.8 Å². The lowest BCUT2D eigenvalue weighted by Gasteiger charge is -2.18. The minimum atomic E-state index is -2.88. The van der Waals surface area contributed by atoms with Crippen LogP contribution >= 0.6 is 0 Å². The molecule has 1 aromatic carbocycles. The van der Waals surface area contributed by atoms with Crippen molar-refractivity contribution in [3.8, 4) is 11.5 Å². The highest BCUT2D eigenvalue weighted by molar-refractivity contribution is 5.79. The average molecular weight is 411 g/mol. The van der Waals surface area contributed by atoms with Crippen molar-refractivity contribution in [2.24, 2.45) is 10.9 Å². The fourth-order valence-electron chi connectivity index (χ4n) is 3.64. The third-order valence-electron chi connectivity index (χ3n) is 5.34. The van der Waals surface area contributed by atoms with Gasteiger partial charge in [0.15, 0.2) is 5.96 Å². The molecule has 1 aliphatic carbocycles. The number of nitrogens with zero attached hydrogens (tertiary/aromatic N) is 2. The quantitative estimate of drug-likeness (QED) is 0.458. The van der Waals surface area contributed by atoms with Crippen LogP contribution in [0.3, 0.4) is 0 Å². The van der Waals surface area contributed by atoms with Gasteiger partial charge >= 0.3 is 6.61 Å². The number of benzene rings is 1. The van der Waals surface area contributed by atoms with E-state index >= 15 is 0 Å². The molecule has 29 heavy (non-hydrogen) atoms. The molecule has 3 rings (SSSR count). The van der Waals surface area contributed by atoms with Gasteiger partial charge < -0.3 is 25.0 Å². The van der Waals surface area contributed by atoms with Crippen molar-refractivity contribution in [1.29, 1.82) is 0 Å². The second-order valence-corrected chi connectivity index (χ2v) is 7.68. The van der Waals surface area contributed by atoms with Gasteiger partial charge in [-0.1, -0.05) is 6.92 Å². The van der Waals surface area contributed by atoms with Crippen LogP contribution in [0.2, 0.25) is 0 Å². The largest absolute Gasteiger partial charge is 0.493 e. The number of likely N-dealkylation sites (tertiary alicyclic amines) is 1. The molecule has 6 nitrogen and oxygen atoms in total. The predicted octanol–water partition coefficient (Wildman–Crippen LogP) is 3.23. The summed E-state index contributed by atoms with van der Waals surface area (Å²) < 4.78 is 35.8. The number of hydrogen-bond acceptors (Lipinski definition) is 4. The van der Waals surface area contributed by atoms with Crippen LogP contribution in [0.1, 0.15) is 38.2 Å². The molecule has 1 aliphatic heterocycles. The smallest absolute Gasteiger partial charge is 0.387 e. The third-order valence-corrected chi connectivity index (χ3v) is 5.34. The Bertz CT molecular complexity index is 683. The van der Waals surface area contributed by atoms with Crippen LogP contribution in [-0.4, -0.2) is 56.8 Å². The summed E-state index contributed by atoms with van der Waals surface area (Å²) in [5.41, 5.74) is 0.623. The molecule has 2 fully saturated rings. The monoisotopic (exact) mass is 410 g/mol. The zero-order chi connectivity index (χ0) is 20.6. The molecule has 1 unspecified atom stereocenters. The van der Waals surface area contributed by atoms with Crippen LogP contribution in [0.25, 0.3) is 0 Å². The van der Waals surface area contributed by atoms with Gasteiger partial charge in [-0.15, -0.1) is 0 Å². The van der Waals surface area contributed by atoms with Gasteiger partial charge in [0.25, 0.3) is 0 Å². The molecule has 1 saturated carbocycles. The lowest BCUT2D eigenvalue weighted by atomic mass is 10.1. The van der Waals surface area contributed by atoms with Gasteiger partial charge in [-0.2, -0.15) is 8.78 Å². The molecule has 2 N–H and O–H groups in total. The van der Waals surface area contributed by atoms with Crippen LogP contribution < -0.4 is 20.1 Å². The Balaban J connectivity index is 1.51. The van der Waals surface area contributed by atoms with E-state index in [-0.39, 0.29) is 5.75 Å². The summed E-state index contributed by atoms with van der Waals surface area (Å²) in [5, 5.41) is 6.55. The fourth-order valence-corrected chi connectivity index (χ4v) is 3.64. The number of halogens is 2. The van der Waals surface area contributed by atoms with E-state index in [4.69, 9.17) is 9.47 Å². The lowest BCUT2D eigenvalue weighted by Crippen LogP contribution is -2.40. The van der Waals surface area contributed by atoms with Crippen molar-refractivity contribution in [3.05, 3.63) is 23.8 Å². The molecule has 0 bridgehead atoms. The zero-order valence-corrected chi connectivity index (χ0v) is 17.3. The van der Waals surface area contributed by atoms with Crippen LogP contribution in [0, 0.1) is 5.92 Å². The average Bonchev–Trinajstić information content (AvgIpc) is 3.45. The first-order valence-electron chi connectivity index (χ1n) is 10.5. The highest BCUT2D eigenvalue weighted by Crippen LogP contribution is 2.31. The van der Waals surface area contributed by atoms with E-state index < -0.39 is 6.61 Å². The molecular weight excluding hydrogens is 378 g/mol. The number of aliphatic imine (C=N–C) groups is 1. The number of hydrogen-bond donors (Lipinski definition) is 2. The summed E-state index contributed by atoms with van der Waals surface area (Å²) >= 11 is 0. The van der Waals surface area contributed by atoms with Crippen LogP contribution in [0.4, 0.5) is 8.78 Å². The molecule has 1 saturated heterocycles. The fraction of sp³-hybridized carbons (Fsp3) is 0.667. The maximum Gasteiger partial charge on any atom is 0.387 e. The van der Waals surface area contributed by atoms with Crippen LogP contribution in [0.5, 0.6) is 11.5 Å². The highest BCUT2D eigenvalue weighted by Gasteiger charge is 2.34. The minimum Gasteiger partial charge on any atom is -0.493 e. The molecule has 1 heterocycles. The SMILES string of the molecule is CCCOc1ccc(CNC(=NC)NCC2CCN(C3CC3)C2)c(OC(F)F)c1. The molecule has 1 atom stereocenters. The Hall–Kier alpha value is -2.09. The first kappa shape index (κ1) is 21.6. The third kappa shape index (κ3) is 6.73. The van der Waals surface area contributed by atoms with Crippen molar-refractivity contribution in [2.75, 3.05) is 33.3 Å². The number of ether oxygens (including phenoxy) is 2. The van der Waals surface area contributed by atoms with Crippen LogP contribution in [-0.2, 0) is 6.54 Å². The first-order valence-corrected chi connectivity index (χ1v) is 10.5. The van der Waals surface area contributed by atoms with Gasteiger partial charge in [0.05, 0.1) is 6.61 Å². The Morgan fingerprint density at radius 1 is 1.28 bits per heavy atom. The number of nitrogens with one attached hydrogen (secondary N) is 2. The summed E-state index contributed by atoms with van der Waals surface area (Å²) in [6.07, 6.45) is 4.73. The van der Waals surface area contributed by atoms with Crippen molar-refractivity contribution in [1.82, 2.24) is 15.5 Å². The van der Waals surface area contributed by atoms with Gasteiger partial charge in [0, 0.05) is 44.4 Å². The molecule has 0 aromatic heterocycles. The number of guanidine groups is 1. The maximum absolute atomic E-state index is 12.8. The summed E-state index contributed by atoms with van der Waals surface area (Å²) in [7, 11) is 1.71. The summed E-state index contributed by atoms with van der Waals surface area (Å²) in [5.74, 6) is 1.91. The highest BCUT2D eigenvalue weighted by atomic mass is 19.3. The topological polar surface area (TPSA) is 58.1 Å². The minimum absolute atomic E-state index is 0.118. The maximum atomic E-state index is 12.8. The first-order chi connectivity index (χ1) is 14.1. The van der Waals surface area contributed by atoms with Crippen LogP contribution in [0.15, 0.2) is 23.2 Å². The molecule has 1 aromatic rings. The molecule has 162 valence electrons. The van der Waals surface area contributed by atoms with Crippen molar-refractivity contribution < 1.29 is 18.3 Å². The number of rotatable bonds is 10. The van der Waals surface area contributed by atoms with E-state index in [2.05, 4.69) is 20.5 Å². The summed E-state index contributed by atoms with van der Waals surface area (Å²) in [6.45, 7) is 3.14. The van der Waals surface area contributed by atoms with Gasteiger partial charge in [-0.25, -0.2) is 0 Å². The second kappa shape index (κ2) is 10.6. The normalized spacial score (nSPS) is 20.2. The van der Waals surface area contributed by atoms with E-state index in [1.165, 1.54) is 31.9 Å².